The molecule has 0 spiro atoms. The molecule has 0 bridgehead atoms. The van der Waals surface area contributed by atoms with Gasteiger partial charge in [0.25, 0.3) is 0 Å². The van der Waals surface area contributed by atoms with E-state index in [1.807, 2.05) is 11.8 Å². The Balaban J connectivity index is 2.23. The fourth-order valence-corrected chi connectivity index (χ4v) is 2.85. The number of thioether (sulfide) groups is 1. The van der Waals surface area contributed by atoms with Crippen LogP contribution in [-0.2, 0) is 4.74 Å². The van der Waals surface area contributed by atoms with Crippen LogP contribution in [0.2, 0.25) is 0 Å². The van der Waals surface area contributed by atoms with Crippen molar-refractivity contribution in [2.24, 2.45) is 0 Å². The normalized spacial score (nSPS) is 20.9. The lowest BCUT2D eigenvalue weighted by molar-refractivity contribution is 0.0999. The number of nitriles is 1. The number of rotatable bonds is 4. The van der Waals surface area contributed by atoms with Crippen LogP contribution in [0.5, 0.6) is 0 Å². The van der Waals surface area contributed by atoms with E-state index in [-0.39, 0.29) is 0 Å². The molecule has 1 aliphatic rings. The standard InChI is InChI=1S/C10H17NOS/c1-2-9(3-6-11)13-10-4-7-12-8-5-10/h9-10H,2-5,7-8H2,1H3. The SMILES string of the molecule is CCC(CC#N)SC1CCOCC1. The zero-order chi connectivity index (χ0) is 9.52. The first-order chi connectivity index (χ1) is 6.36. The van der Waals surface area contributed by atoms with Crippen molar-refractivity contribution < 1.29 is 4.74 Å². The molecule has 74 valence electrons. The third-order valence-electron chi connectivity index (χ3n) is 2.33. The number of hydrogen-bond donors (Lipinski definition) is 0. The van der Waals surface area contributed by atoms with Gasteiger partial charge in [-0.3, -0.25) is 0 Å². The molecule has 1 saturated heterocycles. The zero-order valence-electron chi connectivity index (χ0n) is 8.16. The van der Waals surface area contributed by atoms with Crippen LogP contribution in [0.4, 0.5) is 0 Å². The Morgan fingerprint density at radius 1 is 1.54 bits per heavy atom. The first kappa shape index (κ1) is 10.9. The topological polar surface area (TPSA) is 33.0 Å². The van der Waals surface area contributed by atoms with Crippen LogP contribution in [0.3, 0.4) is 0 Å². The molecule has 1 atom stereocenters. The minimum absolute atomic E-state index is 0.535. The Hall–Kier alpha value is -0.200. The average molecular weight is 199 g/mol. The second kappa shape index (κ2) is 6.28. The molecular formula is C10H17NOS. The van der Waals surface area contributed by atoms with E-state index in [0.717, 1.165) is 37.7 Å². The lowest BCUT2D eigenvalue weighted by Crippen LogP contribution is -2.20. The largest absolute Gasteiger partial charge is 0.381 e. The molecule has 0 aromatic heterocycles. The van der Waals surface area contributed by atoms with E-state index in [4.69, 9.17) is 10.00 Å². The van der Waals surface area contributed by atoms with Crippen LogP contribution >= 0.6 is 11.8 Å². The van der Waals surface area contributed by atoms with Gasteiger partial charge in [0.2, 0.25) is 0 Å². The van der Waals surface area contributed by atoms with Gasteiger partial charge in [-0.1, -0.05) is 6.92 Å². The molecule has 13 heavy (non-hydrogen) atoms. The summed E-state index contributed by atoms with van der Waals surface area (Å²) in [5.41, 5.74) is 0. The van der Waals surface area contributed by atoms with E-state index in [0.29, 0.717) is 11.7 Å². The highest BCUT2D eigenvalue weighted by Crippen LogP contribution is 2.29. The lowest BCUT2D eigenvalue weighted by atomic mass is 10.2. The Kier molecular flexibility index (Phi) is 5.26. The van der Waals surface area contributed by atoms with Crippen LogP contribution in [0.1, 0.15) is 32.6 Å². The smallest absolute Gasteiger partial charge is 0.0633 e. The maximum Gasteiger partial charge on any atom is 0.0633 e. The van der Waals surface area contributed by atoms with Crippen molar-refractivity contribution in [1.29, 1.82) is 5.26 Å². The first-order valence-electron chi connectivity index (χ1n) is 4.97. The van der Waals surface area contributed by atoms with Gasteiger partial charge in [-0.25, -0.2) is 0 Å². The van der Waals surface area contributed by atoms with Gasteiger partial charge in [-0.2, -0.15) is 17.0 Å². The molecule has 0 radical (unpaired) electrons. The second-order valence-electron chi connectivity index (χ2n) is 3.34. The third kappa shape index (κ3) is 4.02. The van der Waals surface area contributed by atoms with E-state index in [2.05, 4.69) is 13.0 Å². The Morgan fingerprint density at radius 2 is 2.23 bits per heavy atom. The fourth-order valence-electron chi connectivity index (χ4n) is 1.47. The van der Waals surface area contributed by atoms with Gasteiger partial charge in [-0.05, 0) is 19.3 Å². The molecule has 1 heterocycles. The summed E-state index contributed by atoms with van der Waals surface area (Å²) in [6, 6.07) is 2.26. The molecule has 0 saturated carbocycles. The van der Waals surface area contributed by atoms with Crippen LogP contribution < -0.4 is 0 Å². The van der Waals surface area contributed by atoms with E-state index in [1.165, 1.54) is 0 Å². The third-order valence-corrected chi connectivity index (χ3v) is 4.07. The van der Waals surface area contributed by atoms with E-state index < -0.39 is 0 Å². The van der Waals surface area contributed by atoms with Crippen LogP contribution in [0.25, 0.3) is 0 Å². The van der Waals surface area contributed by atoms with Gasteiger partial charge in [0.05, 0.1) is 6.07 Å². The zero-order valence-corrected chi connectivity index (χ0v) is 8.98. The minimum Gasteiger partial charge on any atom is -0.381 e. The van der Waals surface area contributed by atoms with Crippen LogP contribution in [-0.4, -0.2) is 23.7 Å². The quantitative estimate of drug-likeness (QED) is 0.697. The number of ether oxygens (including phenoxy) is 1. The lowest BCUT2D eigenvalue weighted by Gasteiger charge is -2.24. The highest BCUT2D eigenvalue weighted by Gasteiger charge is 2.18. The highest BCUT2D eigenvalue weighted by atomic mass is 32.2. The summed E-state index contributed by atoms with van der Waals surface area (Å²) in [6.45, 7) is 3.97. The van der Waals surface area contributed by atoms with Gasteiger partial charge in [-0.15, -0.1) is 0 Å². The molecule has 2 nitrogen and oxygen atoms in total. The first-order valence-corrected chi connectivity index (χ1v) is 5.91. The monoisotopic (exact) mass is 199 g/mol. The molecule has 3 heteroatoms. The van der Waals surface area contributed by atoms with Crippen molar-refractivity contribution >= 4 is 11.8 Å². The van der Waals surface area contributed by atoms with Crippen molar-refractivity contribution in [2.45, 2.75) is 43.1 Å². The summed E-state index contributed by atoms with van der Waals surface area (Å²) in [4.78, 5) is 0. The van der Waals surface area contributed by atoms with Crippen molar-refractivity contribution in [3.05, 3.63) is 0 Å². The van der Waals surface area contributed by atoms with Gasteiger partial charge in [0.1, 0.15) is 0 Å². The van der Waals surface area contributed by atoms with E-state index in [9.17, 15) is 0 Å². The molecule has 0 aromatic carbocycles. The predicted octanol–water partition coefficient (Wildman–Crippen LogP) is 2.59. The summed E-state index contributed by atoms with van der Waals surface area (Å²) < 4.78 is 5.30. The summed E-state index contributed by atoms with van der Waals surface area (Å²) >= 11 is 1.99. The Bertz CT molecular complexity index is 172. The molecule has 1 fully saturated rings. The maximum atomic E-state index is 8.61. The van der Waals surface area contributed by atoms with E-state index in [1.54, 1.807) is 0 Å². The van der Waals surface area contributed by atoms with Crippen molar-refractivity contribution in [3.8, 4) is 6.07 Å². The Labute approximate surface area is 84.6 Å². The summed E-state index contributed by atoms with van der Waals surface area (Å²) in [5.74, 6) is 0. The predicted molar refractivity (Wildman–Crippen MR) is 55.7 cm³/mol. The van der Waals surface area contributed by atoms with Gasteiger partial charge in [0.15, 0.2) is 0 Å². The average Bonchev–Trinajstić information content (AvgIpc) is 2.19. The summed E-state index contributed by atoms with van der Waals surface area (Å²) in [6.07, 6.45) is 4.12. The summed E-state index contributed by atoms with van der Waals surface area (Å²) in [5, 5.41) is 9.87. The molecule has 1 unspecified atom stereocenters. The minimum atomic E-state index is 0.535. The van der Waals surface area contributed by atoms with E-state index >= 15 is 0 Å². The molecule has 0 amide bonds. The molecule has 0 aliphatic carbocycles. The summed E-state index contributed by atoms with van der Waals surface area (Å²) in [7, 11) is 0. The molecule has 1 rings (SSSR count). The maximum absolute atomic E-state index is 8.61. The second-order valence-corrected chi connectivity index (χ2v) is 4.95. The van der Waals surface area contributed by atoms with Gasteiger partial charge in [0, 0.05) is 30.1 Å². The van der Waals surface area contributed by atoms with Crippen molar-refractivity contribution in [1.82, 2.24) is 0 Å². The van der Waals surface area contributed by atoms with Crippen molar-refractivity contribution in [2.75, 3.05) is 13.2 Å². The fraction of sp³-hybridized carbons (Fsp3) is 0.900. The number of hydrogen-bond acceptors (Lipinski definition) is 3. The van der Waals surface area contributed by atoms with Crippen molar-refractivity contribution in [3.63, 3.8) is 0 Å². The van der Waals surface area contributed by atoms with Crippen LogP contribution in [0.15, 0.2) is 0 Å². The number of nitrogens with zero attached hydrogens (tertiary/aromatic N) is 1. The van der Waals surface area contributed by atoms with Gasteiger partial charge < -0.3 is 4.74 Å². The molecule has 1 aliphatic heterocycles. The van der Waals surface area contributed by atoms with Crippen LogP contribution in [0, 0.1) is 11.3 Å². The molecular weight excluding hydrogens is 182 g/mol. The molecule has 0 aromatic rings. The Morgan fingerprint density at radius 3 is 2.77 bits per heavy atom. The highest BCUT2D eigenvalue weighted by molar-refractivity contribution is 8.00. The molecule has 0 N–H and O–H groups in total. The van der Waals surface area contributed by atoms with Gasteiger partial charge >= 0.3 is 0 Å².